The standard InChI is InChI=1S/C15H20ClN3O2/c1-2-3-10-6-15(21)19(8-10)9-14(20)18-13-5-4-11(17)7-12(13)16/h4-5,7,10H,2-3,6,8-9,17H2,1H3,(H,18,20). The summed E-state index contributed by atoms with van der Waals surface area (Å²) in [5, 5.41) is 3.10. The Morgan fingerprint density at radius 3 is 2.95 bits per heavy atom. The number of nitrogens with two attached hydrogens (primary N) is 1. The number of nitrogen functional groups attached to an aromatic ring is 1. The molecule has 1 unspecified atom stereocenters. The zero-order chi connectivity index (χ0) is 15.4. The molecule has 0 saturated carbocycles. The number of likely N-dealkylation sites (tertiary alicyclic amines) is 1. The van der Waals surface area contributed by atoms with Crippen molar-refractivity contribution in [1.29, 1.82) is 0 Å². The van der Waals surface area contributed by atoms with E-state index in [1.807, 2.05) is 0 Å². The van der Waals surface area contributed by atoms with Gasteiger partial charge >= 0.3 is 0 Å². The number of rotatable bonds is 5. The van der Waals surface area contributed by atoms with Crippen molar-refractivity contribution in [3.63, 3.8) is 0 Å². The summed E-state index contributed by atoms with van der Waals surface area (Å²) in [6, 6.07) is 4.90. The average Bonchev–Trinajstić information content (AvgIpc) is 2.74. The second-order valence-electron chi connectivity index (χ2n) is 5.42. The highest BCUT2D eigenvalue weighted by Crippen LogP contribution is 2.25. The number of hydrogen-bond donors (Lipinski definition) is 2. The number of hydrogen-bond acceptors (Lipinski definition) is 3. The molecule has 2 amide bonds. The number of carbonyl (C=O) groups is 2. The van der Waals surface area contributed by atoms with Gasteiger partial charge < -0.3 is 16.0 Å². The van der Waals surface area contributed by atoms with Crippen LogP contribution in [0, 0.1) is 5.92 Å². The molecular weight excluding hydrogens is 290 g/mol. The number of carbonyl (C=O) groups excluding carboxylic acids is 2. The normalized spacial score (nSPS) is 18.1. The summed E-state index contributed by atoms with van der Waals surface area (Å²) < 4.78 is 0. The molecule has 2 rings (SSSR count). The fraction of sp³-hybridized carbons (Fsp3) is 0.467. The van der Waals surface area contributed by atoms with Crippen LogP contribution in [0.3, 0.4) is 0 Å². The number of anilines is 2. The van der Waals surface area contributed by atoms with Crippen LogP contribution in [0.15, 0.2) is 18.2 Å². The van der Waals surface area contributed by atoms with Crippen LogP contribution < -0.4 is 11.1 Å². The lowest BCUT2D eigenvalue weighted by atomic mass is 10.0. The second-order valence-corrected chi connectivity index (χ2v) is 5.83. The van der Waals surface area contributed by atoms with Gasteiger partial charge in [-0.05, 0) is 30.5 Å². The molecule has 1 aliphatic rings. The smallest absolute Gasteiger partial charge is 0.244 e. The van der Waals surface area contributed by atoms with Gasteiger partial charge in [0.25, 0.3) is 0 Å². The zero-order valence-electron chi connectivity index (χ0n) is 12.1. The van der Waals surface area contributed by atoms with E-state index in [-0.39, 0.29) is 18.4 Å². The minimum atomic E-state index is -0.243. The predicted octanol–water partition coefficient (Wildman–Crippen LogP) is 2.51. The fourth-order valence-electron chi connectivity index (χ4n) is 2.60. The molecule has 1 aromatic rings. The van der Waals surface area contributed by atoms with Crippen molar-refractivity contribution in [2.45, 2.75) is 26.2 Å². The first-order valence-corrected chi connectivity index (χ1v) is 7.50. The highest BCUT2D eigenvalue weighted by Gasteiger charge is 2.30. The lowest BCUT2D eigenvalue weighted by Crippen LogP contribution is -2.34. The molecule has 0 aromatic heterocycles. The van der Waals surface area contributed by atoms with Gasteiger partial charge in [-0.3, -0.25) is 9.59 Å². The van der Waals surface area contributed by atoms with E-state index in [0.29, 0.717) is 35.3 Å². The number of nitrogens with zero attached hydrogens (tertiary/aromatic N) is 1. The van der Waals surface area contributed by atoms with E-state index in [2.05, 4.69) is 12.2 Å². The van der Waals surface area contributed by atoms with Crippen LogP contribution in [-0.4, -0.2) is 29.8 Å². The van der Waals surface area contributed by atoms with Crippen LogP contribution in [0.1, 0.15) is 26.2 Å². The molecule has 1 heterocycles. The van der Waals surface area contributed by atoms with Crippen LogP contribution >= 0.6 is 11.6 Å². The third-order valence-electron chi connectivity index (χ3n) is 3.59. The van der Waals surface area contributed by atoms with Gasteiger partial charge in [0.15, 0.2) is 0 Å². The molecule has 1 aliphatic heterocycles. The predicted molar refractivity (Wildman–Crippen MR) is 84.1 cm³/mol. The summed E-state index contributed by atoms with van der Waals surface area (Å²) in [7, 11) is 0. The van der Waals surface area contributed by atoms with E-state index in [1.54, 1.807) is 23.1 Å². The van der Waals surface area contributed by atoms with Crippen molar-refractivity contribution >= 4 is 34.8 Å². The van der Waals surface area contributed by atoms with Crippen molar-refractivity contribution in [3.8, 4) is 0 Å². The Kier molecular flexibility index (Phi) is 5.07. The Morgan fingerprint density at radius 2 is 2.29 bits per heavy atom. The molecule has 21 heavy (non-hydrogen) atoms. The Bertz CT molecular complexity index is 548. The molecule has 0 spiro atoms. The monoisotopic (exact) mass is 309 g/mol. The Balaban J connectivity index is 1.91. The largest absolute Gasteiger partial charge is 0.399 e. The van der Waals surface area contributed by atoms with Gasteiger partial charge in [-0.2, -0.15) is 0 Å². The average molecular weight is 310 g/mol. The van der Waals surface area contributed by atoms with Crippen LogP contribution in [0.5, 0.6) is 0 Å². The molecule has 1 aromatic carbocycles. The van der Waals surface area contributed by atoms with Gasteiger partial charge in [0.2, 0.25) is 11.8 Å². The third kappa shape index (κ3) is 4.11. The van der Waals surface area contributed by atoms with Crippen molar-refractivity contribution in [2.75, 3.05) is 24.1 Å². The van der Waals surface area contributed by atoms with Gasteiger partial charge in [-0.1, -0.05) is 24.9 Å². The SMILES string of the molecule is CCCC1CC(=O)N(CC(=O)Nc2ccc(N)cc2Cl)C1. The zero-order valence-corrected chi connectivity index (χ0v) is 12.8. The molecular formula is C15H20ClN3O2. The molecule has 1 fully saturated rings. The van der Waals surface area contributed by atoms with Crippen LogP contribution in [0.4, 0.5) is 11.4 Å². The van der Waals surface area contributed by atoms with Gasteiger partial charge in [-0.25, -0.2) is 0 Å². The quantitative estimate of drug-likeness (QED) is 0.821. The minimum Gasteiger partial charge on any atom is -0.399 e. The van der Waals surface area contributed by atoms with Crippen LogP contribution in [-0.2, 0) is 9.59 Å². The molecule has 0 bridgehead atoms. The van der Waals surface area contributed by atoms with E-state index in [9.17, 15) is 9.59 Å². The highest BCUT2D eigenvalue weighted by atomic mass is 35.5. The van der Waals surface area contributed by atoms with E-state index in [0.717, 1.165) is 12.8 Å². The number of benzene rings is 1. The van der Waals surface area contributed by atoms with Crippen LogP contribution in [0.25, 0.3) is 0 Å². The first kappa shape index (κ1) is 15.6. The van der Waals surface area contributed by atoms with Crippen molar-refractivity contribution in [2.24, 2.45) is 5.92 Å². The molecule has 0 radical (unpaired) electrons. The Labute approximate surface area is 129 Å². The van der Waals surface area contributed by atoms with Crippen molar-refractivity contribution < 1.29 is 9.59 Å². The van der Waals surface area contributed by atoms with Gasteiger partial charge in [0.05, 0.1) is 17.3 Å². The number of nitrogens with one attached hydrogen (secondary N) is 1. The maximum Gasteiger partial charge on any atom is 0.244 e. The number of halogens is 1. The lowest BCUT2D eigenvalue weighted by molar-refractivity contribution is -0.131. The van der Waals surface area contributed by atoms with Crippen LogP contribution in [0.2, 0.25) is 5.02 Å². The highest BCUT2D eigenvalue weighted by molar-refractivity contribution is 6.34. The minimum absolute atomic E-state index is 0.0482. The van der Waals surface area contributed by atoms with Gasteiger partial charge in [0.1, 0.15) is 0 Å². The Hall–Kier alpha value is -1.75. The molecule has 3 N–H and O–H groups in total. The van der Waals surface area contributed by atoms with E-state index >= 15 is 0 Å². The van der Waals surface area contributed by atoms with E-state index in [1.165, 1.54) is 0 Å². The summed E-state index contributed by atoms with van der Waals surface area (Å²) in [4.78, 5) is 25.5. The van der Waals surface area contributed by atoms with Gasteiger partial charge in [0, 0.05) is 18.7 Å². The summed E-state index contributed by atoms with van der Waals surface area (Å²) in [5.74, 6) is 0.176. The molecule has 1 atom stereocenters. The number of amides is 2. The first-order valence-electron chi connectivity index (χ1n) is 7.12. The van der Waals surface area contributed by atoms with Crippen molar-refractivity contribution in [1.82, 2.24) is 4.90 Å². The van der Waals surface area contributed by atoms with E-state index < -0.39 is 0 Å². The summed E-state index contributed by atoms with van der Waals surface area (Å²) in [6.07, 6.45) is 2.62. The molecule has 5 nitrogen and oxygen atoms in total. The van der Waals surface area contributed by atoms with E-state index in [4.69, 9.17) is 17.3 Å². The summed E-state index contributed by atoms with van der Waals surface area (Å²) in [6.45, 7) is 2.83. The van der Waals surface area contributed by atoms with Gasteiger partial charge in [-0.15, -0.1) is 0 Å². The topological polar surface area (TPSA) is 75.4 Å². The molecule has 6 heteroatoms. The summed E-state index contributed by atoms with van der Waals surface area (Å²) >= 11 is 6.01. The molecule has 1 saturated heterocycles. The molecule has 0 aliphatic carbocycles. The maximum absolute atomic E-state index is 12.0. The molecule has 114 valence electrons. The lowest BCUT2D eigenvalue weighted by Gasteiger charge is -2.16. The first-order chi connectivity index (χ1) is 9.99. The third-order valence-corrected chi connectivity index (χ3v) is 3.91. The van der Waals surface area contributed by atoms with Crippen molar-refractivity contribution in [3.05, 3.63) is 23.2 Å². The maximum atomic E-state index is 12.0. The summed E-state index contributed by atoms with van der Waals surface area (Å²) in [5.41, 5.74) is 6.65. The fourth-order valence-corrected chi connectivity index (χ4v) is 2.84. The second kappa shape index (κ2) is 6.80. The Morgan fingerprint density at radius 1 is 1.52 bits per heavy atom.